The van der Waals surface area contributed by atoms with Gasteiger partial charge in [-0.25, -0.2) is 4.98 Å². The molecule has 0 aliphatic carbocycles. The molecule has 0 bridgehead atoms. The zero-order valence-electron chi connectivity index (χ0n) is 15.0. The van der Waals surface area contributed by atoms with Crippen LogP contribution in [0.3, 0.4) is 0 Å². The maximum absolute atomic E-state index is 12.9. The molecule has 0 N–H and O–H groups in total. The van der Waals surface area contributed by atoms with Crippen molar-refractivity contribution < 1.29 is 9.21 Å². The molecule has 0 saturated carbocycles. The molecule has 128 valence electrons. The van der Waals surface area contributed by atoms with E-state index in [0.29, 0.717) is 23.3 Å². The molecule has 4 heteroatoms. The second-order valence-corrected chi connectivity index (χ2v) is 6.40. The normalized spacial score (nSPS) is 10.9. The van der Waals surface area contributed by atoms with Crippen LogP contribution in [0, 0.1) is 6.92 Å². The zero-order chi connectivity index (χ0) is 18.0. The molecule has 0 aliphatic rings. The van der Waals surface area contributed by atoms with Gasteiger partial charge in [-0.3, -0.25) is 4.79 Å². The molecule has 2 aromatic carbocycles. The Morgan fingerprint density at radius 1 is 1.08 bits per heavy atom. The summed E-state index contributed by atoms with van der Waals surface area (Å²) in [6, 6.07) is 17.6. The number of aryl methyl sites for hydroxylation is 1. The van der Waals surface area contributed by atoms with E-state index in [9.17, 15) is 4.79 Å². The van der Waals surface area contributed by atoms with E-state index >= 15 is 0 Å². The first kappa shape index (κ1) is 17.0. The van der Waals surface area contributed by atoms with Crippen LogP contribution in [0.5, 0.6) is 0 Å². The molecule has 0 unspecified atom stereocenters. The van der Waals surface area contributed by atoms with Gasteiger partial charge in [-0.2, -0.15) is 0 Å². The first-order chi connectivity index (χ1) is 12.0. The van der Waals surface area contributed by atoms with Gasteiger partial charge >= 0.3 is 0 Å². The Morgan fingerprint density at radius 2 is 1.80 bits per heavy atom. The van der Waals surface area contributed by atoms with Crippen LogP contribution in [-0.4, -0.2) is 17.9 Å². The van der Waals surface area contributed by atoms with Crippen molar-refractivity contribution in [2.75, 3.05) is 11.9 Å². The lowest BCUT2D eigenvalue weighted by atomic mass is 10.0. The van der Waals surface area contributed by atoms with Crippen molar-refractivity contribution in [2.24, 2.45) is 0 Å². The molecule has 0 spiro atoms. The van der Waals surface area contributed by atoms with E-state index in [1.54, 1.807) is 18.9 Å². The number of hydrogen-bond donors (Lipinski definition) is 0. The van der Waals surface area contributed by atoms with Gasteiger partial charge in [-0.15, -0.1) is 0 Å². The monoisotopic (exact) mass is 334 g/mol. The van der Waals surface area contributed by atoms with Gasteiger partial charge in [0.2, 0.25) is 5.89 Å². The molecule has 1 heterocycles. The second-order valence-electron chi connectivity index (χ2n) is 6.40. The molecule has 3 aromatic rings. The number of benzene rings is 2. The molecular weight excluding hydrogens is 312 g/mol. The third-order valence-corrected chi connectivity index (χ3v) is 4.25. The van der Waals surface area contributed by atoms with Gasteiger partial charge in [0.05, 0.1) is 0 Å². The van der Waals surface area contributed by atoms with Crippen LogP contribution in [0.15, 0.2) is 59.0 Å². The minimum absolute atomic E-state index is 0.177. The highest BCUT2D eigenvalue weighted by molar-refractivity contribution is 6.05. The van der Waals surface area contributed by atoms with Gasteiger partial charge in [-0.05, 0) is 42.7 Å². The van der Waals surface area contributed by atoms with Crippen molar-refractivity contribution >= 4 is 11.6 Å². The van der Waals surface area contributed by atoms with Crippen molar-refractivity contribution in [2.45, 2.75) is 26.7 Å². The number of nitrogens with zero attached hydrogens (tertiary/aromatic N) is 2. The van der Waals surface area contributed by atoms with Gasteiger partial charge in [0.1, 0.15) is 5.76 Å². The van der Waals surface area contributed by atoms with Crippen molar-refractivity contribution in [1.82, 2.24) is 4.98 Å². The number of hydrogen-bond acceptors (Lipinski definition) is 3. The summed E-state index contributed by atoms with van der Waals surface area (Å²) < 4.78 is 5.71. The molecule has 25 heavy (non-hydrogen) atoms. The SMILES string of the molecule is Cc1oc(-c2ccccc2)nc1C(=O)N(C)c1cccc(C(C)C)c1. The summed E-state index contributed by atoms with van der Waals surface area (Å²) in [4.78, 5) is 18.9. The van der Waals surface area contributed by atoms with Crippen molar-refractivity contribution in [3.05, 3.63) is 71.6 Å². The predicted octanol–water partition coefficient (Wildman–Crippen LogP) is 5.05. The van der Waals surface area contributed by atoms with E-state index in [4.69, 9.17) is 4.42 Å². The van der Waals surface area contributed by atoms with Crippen LogP contribution in [-0.2, 0) is 0 Å². The molecule has 0 radical (unpaired) electrons. The maximum atomic E-state index is 12.9. The van der Waals surface area contributed by atoms with Crippen molar-refractivity contribution in [3.63, 3.8) is 0 Å². The number of amides is 1. The Kier molecular flexibility index (Phi) is 4.70. The smallest absolute Gasteiger partial charge is 0.280 e. The Labute approximate surface area is 148 Å². The van der Waals surface area contributed by atoms with Crippen LogP contribution in [0.2, 0.25) is 0 Å². The number of carbonyl (C=O) groups excluding carboxylic acids is 1. The molecule has 1 amide bonds. The van der Waals surface area contributed by atoms with E-state index in [2.05, 4.69) is 24.9 Å². The van der Waals surface area contributed by atoms with Crippen LogP contribution in [0.4, 0.5) is 5.69 Å². The lowest BCUT2D eigenvalue weighted by molar-refractivity contribution is 0.0987. The summed E-state index contributed by atoms with van der Waals surface area (Å²) in [6.07, 6.45) is 0. The predicted molar refractivity (Wildman–Crippen MR) is 99.9 cm³/mol. The third kappa shape index (κ3) is 3.48. The molecule has 1 aromatic heterocycles. The standard InChI is InChI=1S/C21H22N2O2/c1-14(2)17-11-8-12-18(13-17)23(4)21(24)19-15(3)25-20(22-19)16-9-6-5-7-10-16/h5-14H,1-4H3. The molecule has 0 saturated heterocycles. The largest absolute Gasteiger partial charge is 0.441 e. The van der Waals surface area contributed by atoms with Gasteiger partial charge in [0, 0.05) is 18.3 Å². The lowest BCUT2D eigenvalue weighted by Gasteiger charge is -2.18. The van der Waals surface area contributed by atoms with Gasteiger partial charge < -0.3 is 9.32 Å². The Bertz CT molecular complexity index is 882. The topological polar surface area (TPSA) is 46.3 Å². The lowest BCUT2D eigenvalue weighted by Crippen LogP contribution is -2.27. The summed E-state index contributed by atoms with van der Waals surface area (Å²) in [5, 5.41) is 0. The van der Waals surface area contributed by atoms with Crippen LogP contribution < -0.4 is 4.90 Å². The fourth-order valence-corrected chi connectivity index (χ4v) is 2.67. The number of oxazole rings is 1. The van der Waals surface area contributed by atoms with Crippen LogP contribution in [0.1, 0.15) is 41.6 Å². The van der Waals surface area contributed by atoms with Crippen LogP contribution >= 0.6 is 0 Å². The fourth-order valence-electron chi connectivity index (χ4n) is 2.67. The van der Waals surface area contributed by atoms with Gasteiger partial charge in [-0.1, -0.05) is 44.2 Å². The Hall–Kier alpha value is -2.88. The summed E-state index contributed by atoms with van der Waals surface area (Å²) in [6.45, 7) is 6.04. The third-order valence-electron chi connectivity index (χ3n) is 4.25. The quantitative estimate of drug-likeness (QED) is 0.671. The molecule has 0 fully saturated rings. The number of anilines is 1. The molecular formula is C21H22N2O2. The first-order valence-electron chi connectivity index (χ1n) is 8.38. The Balaban J connectivity index is 1.90. The molecule has 0 atom stereocenters. The number of aromatic nitrogens is 1. The molecule has 3 rings (SSSR count). The average molecular weight is 334 g/mol. The minimum Gasteiger partial charge on any atom is -0.441 e. The highest BCUT2D eigenvalue weighted by Crippen LogP contribution is 2.25. The highest BCUT2D eigenvalue weighted by Gasteiger charge is 2.22. The van der Waals surface area contributed by atoms with Gasteiger partial charge in [0.15, 0.2) is 5.69 Å². The summed E-state index contributed by atoms with van der Waals surface area (Å²) in [7, 11) is 1.76. The van der Waals surface area contributed by atoms with E-state index in [0.717, 1.165) is 11.3 Å². The average Bonchev–Trinajstić information content (AvgIpc) is 3.03. The Morgan fingerprint density at radius 3 is 2.48 bits per heavy atom. The van der Waals surface area contributed by atoms with E-state index < -0.39 is 0 Å². The van der Waals surface area contributed by atoms with Crippen molar-refractivity contribution in [3.8, 4) is 11.5 Å². The molecule has 4 nitrogen and oxygen atoms in total. The minimum atomic E-state index is -0.177. The highest BCUT2D eigenvalue weighted by atomic mass is 16.4. The zero-order valence-corrected chi connectivity index (χ0v) is 15.0. The first-order valence-corrected chi connectivity index (χ1v) is 8.38. The van der Waals surface area contributed by atoms with E-state index in [1.165, 1.54) is 5.56 Å². The fraction of sp³-hybridized carbons (Fsp3) is 0.238. The maximum Gasteiger partial charge on any atom is 0.280 e. The summed E-state index contributed by atoms with van der Waals surface area (Å²) >= 11 is 0. The number of rotatable bonds is 4. The van der Waals surface area contributed by atoms with Gasteiger partial charge in [0.25, 0.3) is 5.91 Å². The van der Waals surface area contributed by atoms with Crippen LogP contribution in [0.25, 0.3) is 11.5 Å². The number of carbonyl (C=O) groups is 1. The van der Waals surface area contributed by atoms with Crippen molar-refractivity contribution in [1.29, 1.82) is 0 Å². The second kappa shape index (κ2) is 6.93. The van der Waals surface area contributed by atoms with E-state index in [-0.39, 0.29) is 5.91 Å². The summed E-state index contributed by atoms with van der Waals surface area (Å²) in [5.74, 6) is 1.22. The molecule has 0 aliphatic heterocycles. The van der Waals surface area contributed by atoms with E-state index in [1.807, 2.05) is 48.5 Å². The summed E-state index contributed by atoms with van der Waals surface area (Å²) in [5.41, 5.74) is 3.24.